The summed E-state index contributed by atoms with van der Waals surface area (Å²) in [7, 11) is -3.88. The molecule has 0 aromatic heterocycles. The maximum atomic E-state index is 12.4. The molecule has 2 aromatic carbocycles. The molecule has 2 aromatic rings. The number of nitrogens with one attached hydrogen (secondary N) is 2. The highest BCUT2D eigenvalue weighted by Gasteiger charge is 2.25. The van der Waals surface area contributed by atoms with Crippen LogP contribution >= 0.6 is 0 Å². The Morgan fingerprint density at radius 2 is 1.82 bits per heavy atom. The molecule has 150 valence electrons. The van der Waals surface area contributed by atoms with Crippen LogP contribution < -0.4 is 19.5 Å². The van der Waals surface area contributed by atoms with Gasteiger partial charge in [0, 0.05) is 18.2 Å². The maximum Gasteiger partial charge on any atom is 0.293 e. The Balaban J connectivity index is 1.83. The van der Waals surface area contributed by atoms with E-state index in [2.05, 4.69) is 10.0 Å². The van der Waals surface area contributed by atoms with Crippen molar-refractivity contribution in [2.45, 2.75) is 37.8 Å². The van der Waals surface area contributed by atoms with E-state index in [0.29, 0.717) is 18.0 Å². The second kappa shape index (κ2) is 7.28. The summed E-state index contributed by atoms with van der Waals surface area (Å²) in [4.78, 5) is 10.7. The van der Waals surface area contributed by atoms with Gasteiger partial charge in [0.05, 0.1) is 9.82 Å². The molecule has 3 rings (SSSR count). The van der Waals surface area contributed by atoms with Crippen molar-refractivity contribution >= 4 is 21.4 Å². The fourth-order valence-corrected chi connectivity index (χ4v) is 4.13. The van der Waals surface area contributed by atoms with E-state index in [0.717, 1.165) is 11.6 Å². The second-order valence-corrected chi connectivity index (χ2v) is 9.02. The van der Waals surface area contributed by atoms with Crippen LogP contribution in [0.3, 0.4) is 0 Å². The Kier molecular flexibility index (Phi) is 5.18. The van der Waals surface area contributed by atoms with Crippen LogP contribution in [0.25, 0.3) is 0 Å². The number of hydrogen-bond acceptors (Lipinski definition) is 7. The van der Waals surface area contributed by atoms with Crippen LogP contribution in [0.1, 0.15) is 26.3 Å². The van der Waals surface area contributed by atoms with Gasteiger partial charge in [-0.3, -0.25) is 10.1 Å². The molecule has 1 heterocycles. The van der Waals surface area contributed by atoms with Gasteiger partial charge in [-0.2, -0.15) is 0 Å². The molecule has 0 saturated carbocycles. The van der Waals surface area contributed by atoms with E-state index in [-0.39, 0.29) is 23.1 Å². The first kappa shape index (κ1) is 19.9. The van der Waals surface area contributed by atoms with Crippen LogP contribution in [0, 0.1) is 10.1 Å². The second-order valence-electron chi connectivity index (χ2n) is 7.33. The summed E-state index contributed by atoms with van der Waals surface area (Å²) in [6.45, 7) is 5.54. The first-order valence-electron chi connectivity index (χ1n) is 8.50. The van der Waals surface area contributed by atoms with Crippen LogP contribution in [-0.4, -0.2) is 25.7 Å². The van der Waals surface area contributed by atoms with Crippen LogP contribution in [0.15, 0.2) is 41.3 Å². The molecule has 10 heteroatoms. The SMILES string of the molecule is CC(C)(C)NS(=O)(=O)c1ccc(NCc2ccc3c(c2)OCO3)c([N+](=O)[O-])c1. The zero-order valence-corrected chi connectivity index (χ0v) is 16.5. The number of benzene rings is 2. The van der Waals surface area contributed by atoms with Crippen LogP contribution in [-0.2, 0) is 16.6 Å². The predicted molar refractivity (Wildman–Crippen MR) is 103 cm³/mol. The molecule has 0 aliphatic carbocycles. The van der Waals surface area contributed by atoms with Crippen molar-refractivity contribution in [1.29, 1.82) is 0 Å². The topological polar surface area (TPSA) is 120 Å². The average molecular weight is 407 g/mol. The monoisotopic (exact) mass is 407 g/mol. The van der Waals surface area contributed by atoms with E-state index in [1.54, 1.807) is 32.9 Å². The molecule has 0 fully saturated rings. The van der Waals surface area contributed by atoms with Crippen LogP contribution in [0.2, 0.25) is 0 Å². The van der Waals surface area contributed by atoms with E-state index in [4.69, 9.17) is 9.47 Å². The molecule has 28 heavy (non-hydrogen) atoms. The zero-order chi connectivity index (χ0) is 20.5. The lowest BCUT2D eigenvalue weighted by Crippen LogP contribution is -2.40. The smallest absolute Gasteiger partial charge is 0.293 e. The third-order valence-corrected chi connectivity index (χ3v) is 5.59. The summed E-state index contributed by atoms with van der Waals surface area (Å²) in [6.07, 6.45) is 0. The van der Waals surface area contributed by atoms with E-state index in [9.17, 15) is 18.5 Å². The number of nitrogens with zero attached hydrogens (tertiary/aromatic N) is 1. The van der Waals surface area contributed by atoms with Gasteiger partial charge in [0.2, 0.25) is 16.8 Å². The summed E-state index contributed by atoms with van der Waals surface area (Å²) in [5.74, 6) is 1.26. The van der Waals surface area contributed by atoms with Gasteiger partial charge in [0.15, 0.2) is 11.5 Å². The molecule has 1 aliphatic heterocycles. The van der Waals surface area contributed by atoms with Crippen molar-refractivity contribution in [3.05, 3.63) is 52.1 Å². The van der Waals surface area contributed by atoms with Crippen LogP contribution in [0.4, 0.5) is 11.4 Å². The lowest BCUT2D eigenvalue weighted by atomic mass is 10.1. The lowest BCUT2D eigenvalue weighted by molar-refractivity contribution is -0.384. The number of sulfonamides is 1. The van der Waals surface area contributed by atoms with Gasteiger partial charge in [0.25, 0.3) is 5.69 Å². The fraction of sp³-hybridized carbons (Fsp3) is 0.333. The summed E-state index contributed by atoms with van der Waals surface area (Å²) >= 11 is 0. The maximum absolute atomic E-state index is 12.4. The Bertz CT molecular complexity index is 1010. The van der Waals surface area contributed by atoms with Gasteiger partial charge in [-0.15, -0.1) is 0 Å². The number of nitro benzene ring substituents is 1. The highest BCUT2D eigenvalue weighted by molar-refractivity contribution is 7.89. The normalized spacial score (nSPS) is 13.4. The number of hydrogen-bond donors (Lipinski definition) is 2. The molecule has 0 spiro atoms. The van der Waals surface area contributed by atoms with Gasteiger partial charge in [-0.05, 0) is 50.6 Å². The minimum Gasteiger partial charge on any atom is -0.454 e. The zero-order valence-electron chi connectivity index (χ0n) is 15.7. The number of rotatable bonds is 6. The molecular formula is C18H21N3O6S. The molecule has 0 amide bonds. The van der Waals surface area contributed by atoms with Crippen molar-refractivity contribution in [1.82, 2.24) is 4.72 Å². The summed E-state index contributed by atoms with van der Waals surface area (Å²) in [5, 5.41) is 14.4. The van der Waals surface area contributed by atoms with Crippen molar-refractivity contribution in [3.63, 3.8) is 0 Å². The van der Waals surface area contributed by atoms with E-state index in [1.165, 1.54) is 12.1 Å². The number of ether oxygens (including phenoxy) is 2. The average Bonchev–Trinajstić information content (AvgIpc) is 3.05. The summed E-state index contributed by atoms with van der Waals surface area (Å²) < 4.78 is 37.9. The van der Waals surface area contributed by atoms with Crippen molar-refractivity contribution < 1.29 is 22.8 Å². The largest absolute Gasteiger partial charge is 0.454 e. The minimum absolute atomic E-state index is 0.163. The Hall–Kier alpha value is -2.85. The Morgan fingerprint density at radius 3 is 2.50 bits per heavy atom. The minimum atomic E-state index is -3.88. The van der Waals surface area contributed by atoms with Gasteiger partial charge < -0.3 is 14.8 Å². The highest BCUT2D eigenvalue weighted by Crippen LogP contribution is 2.33. The van der Waals surface area contributed by atoms with E-state index >= 15 is 0 Å². The fourth-order valence-electron chi connectivity index (χ4n) is 2.69. The quantitative estimate of drug-likeness (QED) is 0.558. The van der Waals surface area contributed by atoms with E-state index < -0.39 is 20.5 Å². The van der Waals surface area contributed by atoms with Gasteiger partial charge in [-0.25, -0.2) is 13.1 Å². The Labute approximate surface area is 162 Å². The number of fused-ring (bicyclic) bond motifs is 1. The summed E-state index contributed by atoms with van der Waals surface area (Å²) in [5.41, 5.74) is 0.0312. The molecular weight excluding hydrogens is 386 g/mol. The number of anilines is 1. The molecule has 9 nitrogen and oxygen atoms in total. The third kappa shape index (κ3) is 4.52. The first-order chi connectivity index (χ1) is 13.0. The van der Waals surface area contributed by atoms with Crippen molar-refractivity contribution in [3.8, 4) is 11.5 Å². The molecule has 0 unspecified atom stereocenters. The lowest BCUT2D eigenvalue weighted by Gasteiger charge is -2.20. The van der Waals surface area contributed by atoms with Crippen molar-refractivity contribution in [2.24, 2.45) is 0 Å². The first-order valence-corrected chi connectivity index (χ1v) is 9.98. The van der Waals surface area contributed by atoms with Gasteiger partial charge in [0.1, 0.15) is 5.69 Å². The highest BCUT2D eigenvalue weighted by atomic mass is 32.2. The molecule has 2 N–H and O–H groups in total. The Morgan fingerprint density at radius 1 is 1.11 bits per heavy atom. The number of nitro groups is 1. The molecule has 0 saturated heterocycles. The predicted octanol–water partition coefficient (Wildman–Crippen LogP) is 3.01. The molecule has 1 aliphatic rings. The molecule has 0 radical (unpaired) electrons. The molecule has 0 bridgehead atoms. The van der Waals surface area contributed by atoms with Gasteiger partial charge in [-0.1, -0.05) is 6.07 Å². The molecule has 0 atom stereocenters. The van der Waals surface area contributed by atoms with Crippen molar-refractivity contribution in [2.75, 3.05) is 12.1 Å². The summed E-state index contributed by atoms with van der Waals surface area (Å²) in [6, 6.07) is 9.15. The standard InChI is InChI=1S/C18H21N3O6S/c1-18(2,3)20-28(24,25)13-5-6-14(15(9-13)21(22)23)19-10-12-4-7-16-17(8-12)27-11-26-16/h4-9,19-20H,10-11H2,1-3H3. The van der Waals surface area contributed by atoms with Gasteiger partial charge >= 0.3 is 0 Å². The third-order valence-electron chi connectivity index (χ3n) is 3.84. The van der Waals surface area contributed by atoms with E-state index in [1.807, 2.05) is 6.07 Å². The van der Waals surface area contributed by atoms with Crippen LogP contribution in [0.5, 0.6) is 11.5 Å².